The molecule has 2 aliphatic rings. The number of hydrogen-bond acceptors (Lipinski definition) is 3. The molecule has 0 saturated heterocycles. The molecule has 0 atom stereocenters. The fourth-order valence-electron chi connectivity index (χ4n) is 5.61. The van der Waals surface area contributed by atoms with Crippen molar-refractivity contribution in [1.82, 2.24) is 0 Å². The minimum absolute atomic E-state index is 0.0325. The van der Waals surface area contributed by atoms with Crippen molar-refractivity contribution in [2.45, 2.75) is 71.1 Å². The van der Waals surface area contributed by atoms with Gasteiger partial charge in [0.2, 0.25) is 0 Å². The largest absolute Gasteiger partial charge is 0.573 e. The highest BCUT2D eigenvalue weighted by molar-refractivity contribution is 5.87. The van der Waals surface area contributed by atoms with E-state index in [-0.39, 0.29) is 23.0 Å². The van der Waals surface area contributed by atoms with E-state index in [9.17, 15) is 22.4 Å². The second-order valence-corrected chi connectivity index (χ2v) is 9.53. The van der Waals surface area contributed by atoms with Crippen molar-refractivity contribution >= 4 is 16.7 Å². The summed E-state index contributed by atoms with van der Waals surface area (Å²) < 4.78 is 60.9. The Hall–Kier alpha value is -2.31. The zero-order chi connectivity index (χ0) is 23.6. The molecule has 0 spiro atoms. The number of rotatable bonds is 5. The normalized spacial score (nSPS) is 26.2. The van der Waals surface area contributed by atoms with Crippen LogP contribution in [0, 0.1) is 29.5 Å². The average Bonchev–Trinajstić information content (AvgIpc) is 2.80. The number of halogens is 4. The summed E-state index contributed by atoms with van der Waals surface area (Å²) in [6.45, 7) is 2.27. The summed E-state index contributed by atoms with van der Waals surface area (Å²) in [5, 5.41) is 0.300. The van der Waals surface area contributed by atoms with E-state index in [4.69, 9.17) is 4.74 Å². The number of esters is 1. The van der Waals surface area contributed by atoms with Gasteiger partial charge in [-0.3, -0.25) is 4.79 Å². The Balaban J connectivity index is 1.34. The third kappa shape index (κ3) is 5.79. The van der Waals surface area contributed by atoms with Gasteiger partial charge in [-0.1, -0.05) is 32.3 Å². The molecule has 2 aromatic carbocycles. The number of benzene rings is 2. The lowest BCUT2D eigenvalue weighted by atomic mass is 9.69. The van der Waals surface area contributed by atoms with E-state index >= 15 is 0 Å². The summed E-state index contributed by atoms with van der Waals surface area (Å²) >= 11 is 0. The Labute approximate surface area is 191 Å². The molecule has 0 bridgehead atoms. The maximum atomic E-state index is 14.4. The van der Waals surface area contributed by atoms with Crippen molar-refractivity contribution in [2.24, 2.45) is 23.7 Å². The number of hydrogen-bond donors (Lipinski definition) is 0. The van der Waals surface area contributed by atoms with Crippen LogP contribution in [-0.2, 0) is 4.79 Å². The van der Waals surface area contributed by atoms with Gasteiger partial charge in [-0.05, 0) is 85.9 Å². The molecule has 0 radical (unpaired) electrons. The summed E-state index contributed by atoms with van der Waals surface area (Å²) in [5.41, 5.74) is 0. The van der Waals surface area contributed by atoms with Gasteiger partial charge in [0.25, 0.3) is 0 Å². The maximum absolute atomic E-state index is 14.4. The molecule has 3 nitrogen and oxygen atoms in total. The first-order valence-electron chi connectivity index (χ1n) is 11.9. The predicted octanol–water partition coefficient (Wildman–Crippen LogP) is 7.81. The van der Waals surface area contributed by atoms with Gasteiger partial charge in [0.1, 0.15) is 5.75 Å². The lowest BCUT2D eigenvalue weighted by Crippen LogP contribution is -2.30. The zero-order valence-corrected chi connectivity index (χ0v) is 18.8. The van der Waals surface area contributed by atoms with Crippen molar-refractivity contribution < 1.29 is 31.8 Å². The van der Waals surface area contributed by atoms with E-state index in [0.717, 1.165) is 43.6 Å². The van der Waals surface area contributed by atoms with Gasteiger partial charge in [0.15, 0.2) is 11.6 Å². The quantitative estimate of drug-likeness (QED) is 0.256. The van der Waals surface area contributed by atoms with Crippen molar-refractivity contribution in [1.29, 1.82) is 0 Å². The molecule has 33 heavy (non-hydrogen) atoms. The smallest absolute Gasteiger partial charge is 0.426 e. The van der Waals surface area contributed by atoms with Gasteiger partial charge in [-0.25, -0.2) is 4.39 Å². The summed E-state index contributed by atoms with van der Waals surface area (Å²) in [4.78, 5) is 12.7. The van der Waals surface area contributed by atoms with Crippen molar-refractivity contribution in [3.63, 3.8) is 0 Å². The summed E-state index contributed by atoms with van der Waals surface area (Å²) in [5.74, 6) is 0.190. The van der Waals surface area contributed by atoms with E-state index in [1.807, 2.05) is 0 Å². The van der Waals surface area contributed by atoms with Gasteiger partial charge in [-0.15, -0.1) is 13.2 Å². The number of carbonyl (C=O) groups is 1. The van der Waals surface area contributed by atoms with Crippen LogP contribution in [0.1, 0.15) is 64.7 Å². The lowest BCUT2D eigenvalue weighted by Gasteiger charge is -2.37. The van der Waals surface area contributed by atoms with Crippen LogP contribution in [0.25, 0.3) is 10.8 Å². The fourth-order valence-corrected chi connectivity index (χ4v) is 5.61. The van der Waals surface area contributed by atoms with E-state index in [1.54, 1.807) is 0 Å². The molecule has 2 aromatic rings. The summed E-state index contributed by atoms with van der Waals surface area (Å²) in [6, 6.07) is 6.41. The molecular weight excluding hydrogens is 436 g/mol. The lowest BCUT2D eigenvalue weighted by molar-refractivity contribution is -0.275. The fraction of sp³-hybridized carbons (Fsp3) is 0.577. The first-order chi connectivity index (χ1) is 15.7. The SMILES string of the molecule is CCC1CCC(C2CCC(C(=O)Oc3ccc4c(F)c(OC(F)(F)F)ccc4c3)CC2)CC1. The molecule has 4 rings (SSSR count). The van der Waals surface area contributed by atoms with Crippen molar-refractivity contribution in [2.75, 3.05) is 0 Å². The summed E-state index contributed by atoms with van der Waals surface area (Å²) in [7, 11) is 0. The second-order valence-electron chi connectivity index (χ2n) is 9.53. The van der Waals surface area contributed by atoms with Gasteiger partial charge >= 0.3 is 12.3 Å². The molecule has 0 aliphatic heterocycles. The Morgan fingerprint density at radius 3 is 2.18 bits per heavy atom. The van der Waals surface area contributed by atoms with Crippen LogP contribution in [0.3, 0.4) is 0 Å². The molecular formula is C26H30F4O3. The van der Waals surface area contributed by atoms with E-state index in [1.165, 1.54) is 56.4 Å². The molecule has 7 heteroatoms. The van der Waals surface area contributed by atoms with Crippen molar-refractivity contribution in [3.8, 4) is 11.5 Å². The van der Waals surface area contributed by atoms with E-state index in [0.29, 0.717) is 11.3 Å². The number of fused-ring (bicyclic) bond motifs is 1. The first kappa shape index (κ1) is 23.8. The topological polar surface area (TPSA) is 35.5 Å². The van der Waals surface area contributed by atoms with Crippen LogP contribution in [0.15, 0.2) is 30.3 Å². The predicted molar refractivity (Wildman–Crippen MR) is 117 cm³/mol. The van der Waals surface area contributed by atoms with Crippen LogP contribution >= 0.6 is 0 Å². The number of alkyl halides is 3. The van der Waals surface area contributed by atoms with Crippen molar-refractivity contribution in [3.05, 3.63) is 36.1 Å². The third-order valence-electron chi connectivity index (χ3n) is 7.57. The molecule has 0 heterocycles. The molecule has 0 unspecified atom stereocenters. The highest BCUT2D eigenvalue weighted by Gasteiger charge is 2.34. The Morgan fingerprint density at radius 2 is 1.58 bits per heavy atom. The van der Waals surface area contributed by atoms with Gasteiger partial charge in [0, 0.05) is 5.39 Å². The maximum Gasteiger partial charge on any atom is 0.573 e. The van der Waals surface area contributed by atoms with Crippen LogP contribution in [0.2, 0.25) is 0 Å². The van der Waals surface area contributed by atoms with Crippen LogP contribution in [0.5, 0.6) is 11.5 Å². The molecule has 0 amide bonds. The number of ether oxygens (including phenoxy) is 2. The third-order valence-corrected chi connectivity index (χ3v) is 7.57. The zero-order valence-electron chi connectivity index (χ0n) is 18.8. The molecule has 2 aliphatic carbocycles. The minimum Gasteiger partial charge on any atom is -0.426 e. The molecule has 0 N–H and O–H groups in total. The first-order valence-corrected chi connectivity index (χ1v) is 11.9. The van der Waals surface area contributed by atoms with E-state index in [2.05, 4.69) is 11.7 Å². The van der Waals surface area contributed by atoms with E-state index < -0.39 is 17.9 Å². The van der Waals surface area contributed by atoms with Crippen LogP contribution < -0.4 is 9.47 Å². The molecule has 2 fully saturated rings. The standard InChI is InChI=1S/C26H30F4O3/c1-2-16-3-5-17(6-4-16)18-7-9-19(10-8-18)25(31)32-21-12-13-22-20(15-21)11-14-23(24(22)27)33-26(28,29)30/h11-19H,2-10H2,1H3. The Morgan fingerprint density at radius 1 is 0.939 bits per heavy atom. The van der Waals surface area contributed by atoms with Crippen LogP contribution in [-0.4, -0.2) is 12.3 Å². The van der Waals surface area contributed by atoms with Gasteiger partial charge in [0.05, 0.1) is 5.92 Å². The second kappa shape index (κ2) is 9.90. The monoisotopic (exact) mass is 466 g/mol. The summed E-state index contributed by atoms with van der Waals surface area (Å²) in [6.07, 6.45) is 5.30. The van der Waals surface area contributed by atoms with Gasteiger partial charge in [-0.2, -0.15) is 0 Å². The highest BCUT2D eigenvalue weighted by Crippen LogP contribution is 2.42. The Kier molecular flexibility index (Phi) is 7.15. The average molecular weight is 467 g/mol. The number of carbonyl (C=O) groups excluding carboxylic acids is 1. The minimum atomic E-state index is -4.97. The molecule has 180 valence electrons. The Bertz CT molecular complexity index is 971. The molecule has 0 aromatic heterocycles. The van der Waals surface area contributed by atoms with Gasteiger partial charge < -0.3 is 9.47 Å². The molecule has 2 saturated carbocycles. The highest BCUT2D eigenvalue weighted by atomic mass is 19.4. The van der Waals surface area contributed by atoms with Crippen LogP contribution in [0.4, 0.5) is 17.6 Å².